The SMILES string of the molecule is CCOC(=O)c1nnc2ccccc2c1N(C)C. The lowest BCUT2D eigenvalue weighted by Gasteiger charge is -2.17. The van der Waals surface area contributed by atoms with Crippen LogP contribution in [-0.4, -0.2) is 36.9 Å². The van der Waals surface area contributed by atoms with Crippen LogP contribution in [0.4, 0.5) is 5.69 Å². The van der Waals surface area contributed by atoms with Crippen LogP contribution in [0.3, 0.4) is 0 Å². The second-order valence-electron chi connectivity index (χ2n) is 4.03. The zero-order chi connectivity index (χ0) is 13.1. The zero-order valence-corrected chi connectivity index (χ0v) is 10.7. The van der Waals surface area contributed by atoms with Crippen molar-refractivity contribution in [3.05, 3.63) is 30.0 Å². The first-order chi connectivity index (χ1) is 8.65. The predicted molar refractivity (Wildman–Crippen MR) is 69.8 cm³/mol. The summed E-state index contributed by atoms with van der Waals surface area (Å²) in [6.45, 7) is 2.09. The highest BCUT2D eigenvalue weighted by Gasteiger charge is 2.19. The van der Waals surface area contributed by atoms with Gasteiger partial charge in [-0.1, -0.05) is 18.2 Å². The Kier molecular flexibility index (Phi) is 3.41. The molecule has 0 amide bonds. The molecule has 0 aliphatic heterocycles. The molecule has 5 nitrogen and oxygen atoms in total. The highest BCUT2D eigenvalue weighted by molar-refractivity contribution is 6.03. The summed E-state index contributed by atoms with van der Waals surface area (Å²) in [6, 6.07) is 7.58. The molecule has 2 aromatic rings. The molecule has 1 heterocycles. The summed E-state index contributed by atoms with van der Waals surface area (Å²) in [7, 11) is 3.73. The fraction of sp³-hybridized carbons (Fsp3) is 0.308. The molecule has 0 spiro atoms. The summed E-state index contributed by atoms with van der Waals surface area (Å²) < 4.78 is 5.00. The molecular weight excluding hydrogens is 230 g/mol. The molecule has 0 unspecified atom stereocenters. The Hall–Kier alpha value is -2.17. The van der Waals surface area contributed by atoms with Crippen molar-refractivity contribution < 1.29 is 9.53 Å². The average molecular weight is 245 g/mol. The standard InChI is InChI=1S/C13H15N3O2/c1-4-18-13(17)11-12(16(2)3)9-7-5-6-8-10(9)14-15-11/h5-8H,4H2,1-3H3. The van der Waals surface area contributed by atoms with Gasteiger partial charge in [0.1, 0.15) is 0 Å². The molecule has 0 N–H and O–H groups in total. The van der Waals surface area contributed by atoms with Crippen molar-refractivity contribution in [1.82, 2.24) is 10.2 Å². The van der Waals surface area contributed by atoms with Gasteiger partial charge in [-0.2, -0.15) is 0 Å². The highest BCUT2D eigenvalue weighted by Crippen LogP contribution is 2.26. The quantitative estimate of drug-likeness (QED) is 0.773. The van der Waals surface area contributed by atoms with E-state index in [-0.39, 0.29) is 5.69 Å². The van der Waals surface area contributed by atoms with E-state index in [9.17, 15) is 4.79 Å². The van der Waals surface area contributed by atoms with Gasteiger partial charge in [0.25, 0.3) is 0 Å². The van der Waals surface area contributed by atoms with Gasteiger partial charge in [-0.3, -0.25) is 0 Å². The lowest BCUT2D eigenvalue weighted by molar-refractivity contribution is 0.0519. The maximum atomic E-state index is 11.9. The molecular formula is C13H15N3O2. The number of hydrogen-bond acceptors (Lipinski definition) is 5. The second-order valence-corrected chi connectivity index (χ2v) is 4.03. The topological polar surface area (TPSA) is 55.3 Å². The van der Waals surface area contributed by atoms with E-state index in [1.165, 1.54) is 0 Å². The third kappa shape index (κ3) is 2.11. The molecule has 94 valence electrons. The number of esters is 1. The largest absolute Gasteiger partial charge is 0.461 e. The van der Waals surface area contributed by atoms with Crippen molar-refractivity contribution in [2.75, 3.05) is 25.6 Å². The maximum Gasteiger partial charge on any atom is 0.361 e. The van der Waals surface area contributed by atoms with Crippen LogP contribution in [0.5, 0.6) is 0 Å². The Balaban J connectivity index is 2.66. The van der Waals surface area contributed by atoms with Crippen LogP contribution in [0.15, 0.2) is 24.3 Å². The summed E-state index contributed by atoms with van der Waals surface area (Å²) >= 11 is 0. The summed E-state index contributed by atoms with van der Waals surface area (Å²) in [5, 5.41) is 8.92. The number of ether oxygens (including phenoxy) is 1. The molecule has 2 rings (SSSR count). The maximum absolute atomic E-state index is 11.9. The monoisotopic (exact) mass is 245 g/mol. The number of carbonyl (C=O) groups is 1. The van der Waals surface area contributed by atoms with Crippen molar-refractivity contribution in [3.8, 4) is 0 Å². The molecule has 0 saturated heterocycles. The summed E-state index contributed by atoms with van der Waals surface area (Å²) in [5.41, 5.74) is 1.74. The molecule has 0 atom stereocenters. The fourth-order valence-corrected chi connectivity index (χ4v) is 1.83. The van der Waals surface area contributed by atoms with Crippen LogP contribution < -0.4 is 4.90 Å². The van der Waals surface area contributed by atoms with E-state index >= 15 is 0 Å². The Morgan fingerprint density at radius 1 is 1.28 bits per heavy atom. The minimum absolute atomic E-state index is 0.251. The van der Waals surface area contributed by atoms with Gasteiger partial charge < -0.3 is 9.64 Å². The van der Waals surface area contributed by atoms with Crippen LogP contribution in [0.25, 0.3) is 10.9 Å². The molecule has 0 aliphatic rings. The molecule has 0 bridgehead atoms. The molecule has 1 aromatic heterocycles. The van der Waals surface area contributed by atoms with Crippen LogP contribution in [0.2, 0.25) is 0 Å². The third-order valence-corrected chi connectivity index (χ3v) is 2.56. The average Bonchev–Trinajstić information content (AvgIpc) is 2.37. The Bertz CT molecular complexity index is 581. The Morgan fingerprint density at radius 3 is 2.67 bits per heavy atom. The molecule has 0 aliphatic carbocycles. The molecule has 18 heavy (non-hydrogen) atoms. The predicted octanol–water partition coefficient (Wildman–Crippen LogP) is 1.87. The van der Waals surface area contributed by atoms with Crippen molar-refractivity contribution in [1.29, 1.82) is 0 Å². The Labute approximate surface area is 105 Å². The van der Waals surface area contributed by atoms with E-state index < -0.39 is 5.97 Å². The fourth-order valence-electron chi connectivity index (χ4n) is 1.83. The minimum atomic E-state index is -0.445. The minimum Gasteiger partial charge on any atom is -0.461 e. The van der Waals surface area contributed by atoms with Crippen molar-refractivity contribution in [3.63, 3.8) is 0 Å². The van der Waals surface area contributed by atoms with E-state index in [4.69, 9.17) is 4.74 Å². The van der Waals surface area contributed by atoms with Crippen LogP contribution in [0, 0.1) is 0 Å². The molecule has 5 heteroatoms. The first-order valence-corrected chi connectivity index (χ1v) is 5.75. The number of rotatable bonds is 3. The van der Waals surface area contributed by atoms with E-state index in [1.54, 1.807) is 6.92 Å². The highest BCUT2D eigenvalue weighted by atomic mass is 16.5. The van der Waals surface area contributed by atoms with Gasteiger partial charge in [-0.15, -0.1) is 10.2 Å². The van der Waals surface area contributed by atoms with E-state index in [1.807, 2.05) is 43.3 Å². The summed E-state index contributed by atoms with van der Waals surface area (Å²) in [4.78, 5) is 13.7. The molecule has 0 fully saturated rings. The molecule has 0 saturated carbocycles. The number of aromatic nitrogens is 2. The molecule has 0 radical (unpaired) electrons. The van der Waals surface area contributed by atoms with Gasteiger partial charge in [-0.05, 0) is 13.0 Å². The van der Waals surface area contributed by atoms with Crippen LogP contribution in [-0.2, 0) is 4.74 Å². The van der Waals surface area contributed by atoms with E-state index in [0.717, 1.165) is 16.6 Å². The lowest BCUT2D eigenvalue weighted by Crippen LogP contribution is -2.18. The molecule has 1 aromatic carbocycles. The number of anilines is 1. The van der Waals surface area contributed by atoms with Crippen molar-refractivity contribution in [2.24, 2.45) is 0 Å². The Morgan fingerprint density at radius 2 is 2.00 bits per heavy atom. The summed E-state index contributed by atoms with van der Waals surface area (Å²) in [6.07, 6.45) is 0. The lowest BCUT2D eigenvalue weighted by atomic mass is 10.1. The number of benzene rings is 1. The van der Waals surface area contributed by atoms with Gasteiger partial charge in [0.05, 0.1) is 17.8 Å². The van der Waals surface area contributed by atoms with Gasteiger partial charge in [0.15, 0.2) is 5.69 Å². The number of nitrogens with zero attached hydrogens (tertiary/aromatic N) is 3. The first-order valence-electron chi connectivity index (χ1n) is 5.75. The smallest absolute Gasteiger partial charge is 0.361 e. The van der Waals surface area contributed by atoms with Gasteiger partial charge in [-0.25, -0.2) is 4.79 Å². The van der Waals surface area contributed by atoms with Crippen molar-refractivity contribution in [2.45, 2.75) is 6.92 Å². The first kappa shape index (κ1) is 12.3. The zero-order valence-electron chi connectivity index (χ0n) is 10.7. The normalized spacial score (nSPS) is 10.4. The van der Waals surface area contributed by atoms with E-state index in [2.05, 4.69) is 10.2 Å². The third-order valence-electron chi connectivity index (χ3n) is 2.56. The van der Waals surface area contributed by atoms with Crippen molar-refractivity contribution >= 4 is 22.6 Å². The van der Waals surface area contributed by atoms with Gasteiger partial charge >= 0.3 is 5.97 Å². The van der Waals surface area contributed by atoms with Gasteiger partial charge in [0.2, 0.25) is 0 Å². The van der Waals surface area contributed by atoms with E-state index in [0.29, 0.717) is 6.61 Å². The number of hydrogen-bond donors (Lipinski definition) is 0. The second kappa shape index (κ2) is 5.00. The van der Waals surface area contributed by atoms with Crippen LogP contribution >= 0.6 is 0 Å². The van der Waals surface area contributed by atoms with Crippen LogP contribution in [0.1, 0.15) is 17.4 Å². The van der Waals surface area contributed by atoms with Gasteiger partial charge in [0, 0.05) is 19.5 Å². The summed E-state index contributed by atoms with van der Waals surface area (Å²) in [5.74, 6) is -0.445. The number of carbonyl (C=O) groups excluding carboxylic acids is 1. The number of fused-ring (bicyclic) bond motifs is 1.